The number of amides is 1. The lowest BCUT2D eigenvalue weighted by atomic mass is 9.99. The zero-order valence-electron chi connectivity index (χ0n) is 16.4. The van der Waals surface area contributed by atoms with Gasteiger partial charge in [-0.05, 0) is 37.4 Å². The quantitative estimate of drug-likeness (QED) is 0.642. The van der Waals surface area contributed by atoms with Crippen molar-refractivity contribution in [3.8, 4) is 17.2 Å². The molecule has 0 aliphatic carbocycles. The minimum Gasteiger partial charge on any atom is -0.368 e. The maximum atomic E-state index is 12.1. The maximum Gasteiger partial charge on any atom is 0.240 e. The van der Waals surface area contributed by atoms with E-state index >= 15 is 0 Å². The Hall–Kier alpha value is -2.36. The van der Waals surface area contributed by atoms with E-state index in [1.807, 2.05) is 17.3 Å². The second kappa shape index (κ2) is 9.54. The number of nitrogens with zero attached hydrogens (tertiary/aromatic N) is 2. The molecule has 1 amide bonds. The van der Waals surface area contributed by atoms with E-state index in [0.29, 0.717) is 12.3 Å². The summed E-state index contributed by atoms with van der Waals surface area (Å²) in [7, 11) is 1.94. The zero-order chi connectivity index (χ0) is 20.0. The third kappa shape index (κ3) is 5.09. The smallest absolute Gasteiger partial charge is 0.240 e. The summed E-state index contributed by atoms with van der Waals surface area (Å²) in [5.41, 5.74) is 9.87. The van der Waals surface area contributed by atoms with Crippen molar-refractivity contribution < 1.29 is 4.79 Å². The summed E-state index contributed by atoms with van der Waals surface area (Å²) < 4.78 is 0. The van der Waals surface area contributed by atoms with Gasteiger partial charge in [0.05, 0.1) is 11.8 Å². The van der Waals surface area contributed by atoms with Crippen molar-refractivity contribution in [1.82, 2.24) is 5.32 Å². The van der Waals surface area contributed by atoms with Crippen molar-refractivity contribution in [3.63, 3.8) is 0 Å². The Kier molecular flexibility index (Phi) is 7.40. The van der Waals surface area contributed by atoms with Crippen LogP contribution in [-0.2, 0) is 4.79 Å². The van der Waals surface area contributed by atoms with Crippen LogP contribution in [0, 0.1) is 17.2 Å². The number of thiophene rings is 1. The number of carbonyl (C=O) groups excluding carboxylic acids is 1. The molecule has 27 heavy (non-hydrogen) atoms. The van der Waals surface area contributed by atoms with Gasteiger partial charge in [0, 0.05) is 22.4 Å². The fraction of sp³-hybridized carbons (Fsp3) is 0.429. The van der Waals surface area contributed by atoms with Crippen molar-refractivity contribution >= 4 is 22.9 Å². The van der Waals surface area contributed by atoms with Crippen LogP contribution in [-0.4, -0.2) is 25.5 Å². The number of hydrogen-bond acceptors (Lipinski definition) is 5. The van der Waals surface area contributed by atoms with Gasteiger partial charge in [0.15, 0.2) is 0 Å². The van der Waals surface area contributed by atoms with Crippen molar-refractivity contribution in [1.29, 1.82) is 5.26 Å². The highest BCUT2D eigenvalue weighted by molar-refractivity contribution is 7.08. The van der Waals surface area contributed by atoms with Crippen LogP contribution in [0.1, 0.15) is 38.8 Å². The predicted molar refractivity (Wildman–Crippen MR) is 113 cm³/mol. The standard InChI is InChI=1S/C21H28N4OS/c1-14(2)11-19(21(23)26)25(10-9-22)20-13-27-12-18(20)17-7-5-16(6-8-17)15(3)24-4/h5-8,12-15,19,24H,10-11H2,1-4H3,(H2,23,26)/t15?,19-/m0/s1. The SMILES string of the molecule is CNC(C)c1ccc(-c2cscc2N(CC#N)[C@@H](CC(C)C)C(N)=O)cc1. The van der Waals surface area contributed by atoms with Gasteiger partial charge in [-0.2, -0.15) is 5.26 Å². The summed E-state index contributed by atoms with van der Waals surface area (Å²) in [5.74, 6) is -0.0950. The lowest BCUT2D eigenvalue weighted by Crippen LogP contribution is -2.46. The molecule has 1 unspecified atom stereocenters. The number of rotatable bonds is 9. The summed E-state index contributed by atoms with van der Waals surface area (Å²) in [6.45, 7) is 6.34. The van der Waals surface area contributed by atoms with Crippen molar-refractivity contribution in [3.05, 3.63) is 40.6 Å². The minimum atomic E-state index is -0.499. The molecule has 2 rings (SSSR count). The van der Waals surface area contributed by atoms with E-state index in [-0.39, 0.29) is 12.6 Å². The molecule has 0 bridgehead atoms. The molecule has 1 aromatic heterocycles. The monoisotopic (exact) mass is 384 g/mol. The number of hydrogen-bond donors (Lipinski definition) is 2. The Labute approximate surface area is 165 Å². The van der Waals surface area contributed by atoms with Gasteiger partial charge >= 0.3 is 0 Å². The fourth-order valence-corrected chi connectivity index (χ4v) is 3.98. The molecule has 0 aliphatic rings. The topological polar surface area (TPSA) is 82.2 Å². The first-order valence-electron chi connectivity index (χ1n) is 9.15. The molecule has 2 aromatic rings. The first-order valence-corrected chi connectivity index (χ1v) is 10.1. The van der Waals surface area contributed by atoms with Crippen molar-refractivity contribution in [2.75, 3.05) is 18.5 Å². The van der Waals surface area contributed by atoms with Crippen LogP contribution in [0.4, 0.5) is 5.69 Å². The van der Waals surface area contributed by atoms with E-state index in [2.05, 4.69) is 61.8 Å². The second-order valence-corrected chi connectivity index (χ2v) is 7.88. The Morgan fingerprint density at radius 1 is 1.26 bits per heavy atom. The first-order chi connectivity index (χ1) is 12.9. The highest BCUT2D eigenvalue weighted by atomic mass is 32.1. The van der Waals surface area contributed by atoms with Crippen LogP contribution in [0.3, 0.4) is 0 Å². The molecule has 0 saturated heterocycles. The fourth-order valence-electron chi connectivity index (χ4n) is 3.13. The Morgan fingerprint density at radius 2 is 1.93 bits per heavy atom. The van der Waals surface area contributed by atoms with Gasteiger partial charge in [-0.1, -0.05) is 38.1 Å². The third-order valence-corrected chi connectivity index (χ3v) is 5.48. The van der Waals surface area contributed by atoms with Gasteiger partial charge in [0.2, 0.25) is 5.91 Å². The molecular weight excluding hydrogens is 356 g/mol. The number of benzene rings is 1. The molecule has 1 heterocycles. The van der Waals surface area contributed by atoms with E-state index in [1.54, 1.807) is 11.3 Å². The average Bonchev–Trinajstić information content (AvgIpc) is 3.13. The maximum absolute atomic E-state index is 12.1. The molecule has 5 nitrogen and oxygen atoms in total. The van der Waals surface area contributed by atoms with E-state index in [0.717, 1.165) is 16.8 Å². The number of nitrogens with two attached hydrogens (primary N) is 1. The van der Waals surface area contributed by atoms with Gasteiger partial charge in [-0.25, -0.2) is 0 Å². The second-order valence-electron chi connectivity index (χ2n) is 7.14. The Bertz CT molecular complexity index is 791. The molecule has 0 spiro atoms. The number of anilines is 1. The summed E-state index contributed by atoms with van der Waals surface area (Å²) in [6.07, 6.45) is 0.616. The predicted octanol–water partition coefficient (Wildman–Crippen LogP) is 3.93. The van der Waals surface area contributed by atoms with Gasteiger partial charge in [0.25, 0.3) is 0 Å². The van der Waals surface area contributed by atoms with Crippen LogP contribution in [0.15, 0.2) is 35.0 Å². The van der Waals surface area contributed by atoms with E-state index in [9.17, 15) is 10.1 Å². The minimum absolute atomic E-state index is 0.124. The average molecular weight is 385 g/mol. The molecule has 0 aliphatic heterocycles. The molecule has 0 fully saturated rings. The molecule has 3 N–H and O–H groups in total. The Balaban J connectivity index is 2.42. The van der Waals surface area contributed by atoms with E-state index in [4.69, 9.17) is 5.73 Å². The van der Waals surface area contributed by atoms with Crippen LogP contribution in [0.25, 0.3) is 11.1 Å². The zero-order valence-corrected chi connectivity index (χ0v) is 17.2. The molecule has 2 atom stereocenters. The summed E-state index contributed by atoms with van der Waals surface area (Å²) >= 11 is 1.56. The van der Waals surface area contributed by atoms with Crippen LogP contribution < -0.4 is 16.0 Å². The van der Waals surface area contributed by atoms with Gasteiger partial charge < -0.3 is 16.0 Å². The van der Waals surface area contributed by atoms with Crippen molar-refractivity contribution in [2.24, 2.45) is 11.7 Å². The third-order valence-electron chi connectivity index (χ3n) is 4.75. The molecule has 1 aromatic carbocycles. The highest BCUT2D eigenvalue weighted by Gasteiger charge is 2.27. The lowest BCUT2D eigenvalue weighted by molar-refractivity contribution is -0.119. The highest BCUT2D eigenvalue weighted by Crippen LogP contribution is 2.36. The number of nitriles is 1. The van der Waals surface area contributed by atoms with Gasteiger partial charge in [-0.3, -0.25) is 4.79 Å². The number of carbonyl (C=O) groups is 1. The normalized spacial score (nSPS) is 13.2. The summed E-state index contributed by atoms with van der Waals surface area (Å²) in [5, 5.41) is 16.6. The van der Waals surface area contributed by atoms with Gasteiger partial charge in [-0.15, -0.1) is 11.3 Å². The molecular formula is C21H28N4OS. The van der Waals surface area contributed by atoms with Crippen LogP contribution in [0.2, 0.25) is 0 Å². The summed E-state index contributed by atoms with van der Waals surface area (Å²) in [6, 6.07) is 10.3. The Morgan fingerprint density at radius 3 is 2.44 bits per heavy atom. The van der Waals surface area contributed by atoms with Gasteiger partial charge in [0.1, 0.15) is 12.6 Å². The van der Waals surface area contributed by atoms with E-state index < -0.39 is 11.9 Å². The molecule has 6 heteroatoms. The van der Waals surface area contributed by atoms with Crippen LogP contribution >= 0.6 is 11.3 Å². The number of nitrogens with one attached hydrogen (secondary N) is 1. The van der Waals surface area contributed by atoms with Crippen LogP contribution in [0.5, 0.6) is 0 Å². The molecule has 144 valence electrons. The first kappa shape index (κ1) is 20.9. The summed E-state index contributed by atoms with van der Waals surface area (Å²) in [4.78, 5) is 14.0. The molecule has 0 saturated carbocycles. The lowest BCUT2D eigenvalue weighted by Gasteiger charge is -2.31. The number of primary amides is 1. The largest absolute Gasteiger partial charge is 0.368 e. The van der Waals surface area contributed by atoms with Crippen molar-refractivity contribution in [2.45, 2.75) is 39.3 Å². The molecule has 0 radical (unpaired) electrons. The van der Waals surface area contributed by atoms with E-state index in [1.165, 1.54) is 5.56 Å².